The fourth-order valence-electron chi connectivity index (χ4n) is 2.54. The molecule has 2 aromatic rings. The van der Waals surface area contributed by atoms with Crippen LogP contribution in [0.4, 0.5) is 4.79 Å². The number of carbonyl (C=O) groups is 3. The average molecular weight is 375 g/mol. The molecule has 0 saturated carbocycles. The molecule has 0 aliphatic carbocycles. The molecule has 0 saturated heterocycles. The van der Waals surface area contributed by atoms with Crippen LogP contribution >= 0.6 is 0 Å². The highest BCUT2D eigenvalue weighted by Crippen LogP contribution is 2.17. The molecule has 0 aliphatic heterocycles. The van der Waals surface area contributed by atoms with E-state index in [1.54, 1.807) is 6.07 Å². The lowest BCUT2D eigenvalue weighted by Gasteiger charge is -2.26. The highest BCUT2D eigenvalue weighted by atomic mass is 16.5. The van der Waals surface area contributed by atoms with Gasteiger partial charge in [-0.3, -0.25) is 4.79 Å². The van der Waals surface area contributed by atoms with Crippen molar-refractivity contribution in [1.29, 1.82) is 0 Å². The van der Waals surface area contributed by atoms with Crippen molar-refractivity contribution in [2.24, 2.45) is 5.73 Å². The first-order valence-electron chi connectivity index (χ1n) is 8.07. The molecule has 2 aromatic carbocycles. The van der Waals surface area contributed by atoms with Crippen molar-refractivity contribution in [1.82, 2.24) is 10.2 Å². The van der Waals surface area contributed by atoms with Gasteiger partial charge in [0.1, 0.15) is 6.04 Å². The van der Waals surface area contributed by atoms with Gasteiger partial charge < -0.3 is 31.3 Å². The Hall–Kier alpha value is -3.17. The number of carboxylic acids is 1. The predicted octanol–water partition coefficient (Wildman–Crippen LogP) is -0.357. The minimum absolute atomic E-state index is 0.0267. The number of hydrogen-bond donors (Lipinski definition) is 5. The summed E-state index contributed by atoms with van der Waals surface area (Å²) in [6.07, 6.45) is 0.0267. The van der Waals surface area contributed by atoms with Crippen molar-refractivity contribution in [3.05, 3.63) is 48.0 Å². The number of nitrogens with zero attached hydrogens (tertiary/aromatic N) is 1. The smallest absolute Gasteiger partial charge is 0.326 e. The standard InChI is InChI=1S/C18H21N3O6/c1-21(10-18(26,27)16(19)24)17(25)20-14(15(22)23)9-11-6-7-12-4-2-3-5-13(12)8-11/h2-8,14,26-27H,9-10H2,1H3,(H2,19,24)(H,20,25)(H,22,23)/t14-/m0/s1. The quantitative estimate of drug-likeness (QED) is 0.417. The first kappa shape index (κ1) is 20.1. The number of urea groups is 1. The van der Waals surface area contributed by atoms with Gasteiger partial charge in [-0.1, -0.05) is 42.5 Å². The molecule has 6 N–H and O–H groups in total. The monoisotopic (exact) mass is 375 g/mol. The first-order chi connectivity index (χ1) is 12.6. The molecule has 0 radical (unpaired) electrons. The van der Waals surface area contributed by atoms with Crippen LogP contribution in [0.1, 0.15) is 5.56 Å². The van der Waals surface area contributed by atoms with Crippen LogP contribution in [-0.4, -0.2) is 63.5 Å². The molecule has 0 unspecified atom stereocenters. The van der Waals surface area contributed by atoms with Crippen LogP contribution in [0.15, 0.2) is 42.5 Å². The summed E-state index contributed by atoms with van der Waals surface area (Å²) < 4.78 is 0. The number of fused-ring (bicyclic) bond motifs is 1. The Bertz CT molecular complexity index is 867. The number of primary amides is 1. The van der Waals surface area contributed by atoms with Crippen molar-refractivity contribution in [2.45, 2.75) is 18.2 Å². The fourth-order valence-corrected chi connectivity index (χ4v) is 2.54. The minimum Gasteiger partial charge on any atom is -0.480 e. The summed E-state index contributed by atoms with van der Waals surface area (Å²) in [7, 11) is 1.17. The van der Waals surface area contributed by atoms with E-state index in [0.717, 1.165) is 15.7 Å². The zero-order valence-corrected chi connectivity index (χ0v) is 14.6. The molecule has 0 fully saturated rings. The number of nitrogens with one attached hydrogen (secondary N) is 1. The number of hydrogen-bond acceptors (Lipinski definition) is 5. The Kier molecular flexibility index (Phi) is 5.98. The Morgan fingerprint density at radius 3 is 2.37 bits per heavy atom. The number of aliphatic hydroxyl groups is 2. The number of nitrogens with two attached hydrogens (primary N) is 1. The summed E-state index contributed by atoms with van der Waals surface area (Å²) in [6, 6.07) is 10.9. The largest absolute Gasteiger partial charge is 0.480 e. The molecule has 9 heteroatoms. The fraction of sp³-hybridized carbons (Fsp3) is 0.278. The second-order valence-electron chi connectivity index (χ2n) is 6.26. The Morgan fingerprint density at radius 2 is 1.78 bits per heavy atom. The van der Waals surface area contributed by atoms with Gasteiger partial charge in [0.05, 0.1) is 6.54 Å². The maximum Gasteiger partial charge on any atom is 0.326 e. The Labute approximate surface area is 155 Å². The molecule has 0 aliphatic rings. The summed E-state index contributed by atoms with van der Waals surface area (Å²) in [5.41, 5.74) is 5.53. The van der Waals surface area contributed by atoms with Gasteiger partial charge in [-0.05, 0) is 16.3 Å². The molecule has 3 amide bonds. The molecule has 27 heavy (non-hydrogen) atoms. The predicted molar refractivity (Wildman–Crippen MR) is 96.6 cm³/mol. The highest BCUT2D eigenvalue weighted by Gasteiger charge is 2.34. The van der Waals surface area contributed by atoms with Gasteiger partial charge in [0.25, 0.3) is 11.7 Å². The van der Waals surface area contributed by atoms with Crippen molar-refractivity contribution in [3.8, 4) is 0 Å². The van der Waals surface area contributed by atoms with Crippen LogP contribution in [0, 0.1) is 0 Å². The summed E-state index contributed by atoms with van der Waals surface area (Å²) in [4.78, 5) is 35.3. The summed E-state index contributed by atoms with van der Waals surface area (Å²) in [5, 5.41) is 32.5. The number of likely N-dealkylation sites (N-methyl/N-ethyl adjacent to an activating group) is 1. The lowest BCUT2D eigenvalue weighted by molar-refractivity contribution is -0.184. The third-order valence-electron chi connectivity index (χ3n) is 4.05. The molecule has 144 valence electrons. The molecule has 0 heterocycles. The van der Waals surface area contributed by atoms with Crippen molar-refractivity contribution in [3.63, 3.8) is 0 Å². The molecular weight excluding hydrogens is 354 g/mol. The van der Waals surface area contributed by atoms with Gasteiger partial charge in [-0.15, -0.1) is 0 Å². The van der Waals surface area contributed by atoms with Crippen molar-refractivity contribution >= 4 is 28.7 Å². The maximum absolute atomic E-state index is 12.1. The van der Waals surface area contributed by atoms with E-state index in [1.165, 1.54) is 7.05 Å². The minimum atomic E-state index is -2.91. The molecule has 2 rings (SSSR count). The van der Waals surface area contributed by atoms with Crippen molar-refractivity contribution in [2.75, 3.05) is 13.6 Å². The van der Waals surface area contributed by atoms with Gasteiger partial charge in [0.2, 0.25) is 0 Å². The number of carboxylic acid groups (broad SMARTS) is 1. The van der Waals surface area contributed by atoms with E-state index in [4.69, 9.17) is 5.73 Å². The molecule has 0 aromatic heterocycles. The number of carbonyl (C=O) groups excluding carboxylic acids is 2. The first-order valence-corrected chi connectivity index (χ1v) is 8.07. The van der Waals surface area contributed by atoms with Gasteiger partial charge in [-0.2, -0.15) is 0 Å². The Morgan fingerprint density at radius 1 is 1.15 bits per heavy atom. The van der Waals surface area contributed by atoms with Gasteiger partial charge in [0.15, 0.2) is 0 Å². The van der Waals surface area contributed by atoms with Gasteiger partial charge in [0, 0.05) is 13.5 Å². The van der Waals surface area contributed by atoms with Crippen LogP contribution in [-0.2, 0) is 16.0 Å². The second kappa shape index (κ2) is 8.02. The van der Waals surface area contributed by atoms with E-state index < -0.39 is 36.3 Å². The van der Waals surface area contributed by atoms with Crippen LogP contribution in [0.5, 0.6) is 0 Å². The van der Waals surface area contributed by atoms with E-state index in [0.29, 0.717) is 5.56 Å². The van der Waals surface area contributed by atoms with Crippen molar-refractivity contribution < 1.29 is 29.7 Å². The van der Waals surface area contributed by atoms with E-state index in [9.17, 15) is 29.7 Å². The summed E-state index contributed by atoms with van der Waals surface area (Å²) >= 11 is 0. The molecule has 1 atom stereocenters. The van der Waals surface area contributed by atoms with E-state index in [1.807, 2.05) is 36.4 Å². The Balaban J connectivity index is 2.09. The summed E-state index contributed by atoms with van der Waals surface area (Å²) in [6.45, 7) is -0.809. The normalized spacial score (nSPS) is 12.4. The number of benzene rings is 2. The molecule has 0 spiro atoms. The number of amides is 3. The SMILES string of the molecule is CN(CC(O)(O)C(N)=O)C(=O)N[C@@H](Cc1ccc2ccccc2c1)C(=O)O. The van der Waals surface area contributed by atoms with Crippen LogP contribution < -0.4 is 11.1 Å². The second-order valence-corrected chi connectivity index (χ2v) is 6.26. The van der Waals surface area contributed by atoms with Gasteiger partial charge in [-0.25, -0.2) is 9.59 Å². The molecular formula is C18H21N3O6. The van der Waals surface area contributed by atoms with Gasteiger partial charge >= 0.3 is 12.0 Å². The van der Waals surface area contributed by atoms with E-state index in [2.05, 4.69) is 5.32 Å². The molecule has 9 nitrogen and oxygen atoms in total. The molecule has 0 bridgehead atoms. The lowest BCUT2D eigenvalue weighted by atomic mass is 10.0. The lowest BCUT2D eigenvalue weighted by Crippen LogP contribution is -2.56. The zero-order valence-electron chi connectivity index (χ0n) is 14.6. The van der Waals surface area contributed by atoms with Crippen LogP contribution in [0.3, 0.4) is 0 Å². The third-order valence-corrected chi connectivity index (χ3v) is 4.05. The van der Waals surface area contributed by atoms with E-state index >= 15 is 0 Å². The maximum atomic E-state index is 12.1. The third kappa shape index (κ3) is 5.16. The average Bonchev–Trinajstić information content (AvgIpc) is 2.60. The highest BCUT2D eigenvalue weighted by molar-refractivity contribution is 5.86. The van der Waals surface area contributed by atoms with Crippen LogP contribution in [0.2, 0.25) is 0 Å². The van der Waals surface area contributed by atoms with Crippen LogP contribution in [0.25, 0.3) is 10.8 Å². The summed E-state index contributed by atoms with van der Waals surface area (Å²) in [5.74, 6) is -5.59. The zero-order chi connectivity index (χ0) is 20.2. The topological polar surface area (TPSA) is 153 Å². The number of aliphatic carboxylic acids is 1. The van der Waals surface area contributed by atoms with E-state index in [-0.39, 0.29) is 6.42 Å². The number of rotatable bonds is 7.